The summed E-state index contributed by atoms with van der Waals surface area (Å²) in [6.07, 6.45) is 4.91. The number of carbonyl (C=O) groups excluding carboxylic acids is 2. The molecule has 2 aliphatic heterocycles. The number of pyridine rings is 1. The summed E-state index contributed by atoms with van der Waals surface area (Å²) in [5, 5.41) is 6.73. The first-order valence-corrected chi connectivity index (χ1v) is 8.43. The van der Waals surface area contributed by atoms with Crippen LogP contribution in [-0.4, -0.2) is 64.1 Å². The van der Waals surface area contributed by atoms with Crippen molar-refractivity contribution >= 4 is 11.9 Å². The summed E-state index contributed by atoms with van der Waals surface area (Å²) in [5.41, 5.74) is 1.09. The highest BCUT2D eigenvalue weighted by Crippen LogP contribution is 2.22. The molecule has 1 N–H and O–H groups in total. The van der Waals surface area contributed by atoms with Gasteiger partial charge in [0.05, 0.1) is 0 Å². The van der Waals surface area contributed by atoms with E-state index in [1.165, 1.54) is 0 Å². The highest BCUT2D eigenvalue weighted by Gasteiger charge is 2.32. The van der Waals surface area contributed by atoms with Gasteiger partial charge in [0.25, 0.3) is 5.91 Å². The van der Waals surface area contributed by atoms with E-state index in [0.717, 1.165) is 24.9 Å². The lowest BCUT2D eigenvalue weighted by molar-refractivity contribution is 0.0656. The summed E-state index contributed by atoms with van der Waals surface area (Å²) in [6.45, 7) is 2.67. The molecule has 2 aromatic rings. The molecule has 2 saturated heterocycles. The third-order valence-electron chi connectivity index (χ3n) is 4.76. The smallest absolute Gasteiger partial charge is 0.317 e. The number of aromatic nitrogens is 2. The van der Waals surface area contributed by atoms with Gasteiger partial charge >= 0.3 is 6.03 Å². The molecular formula is C17H19N5O3. The molecule has 0 radical (unpaired) electrons. The normalized spacial score (nSPS) is 18.5. The summed E-state index contributed by atoms with van der Waals surface area (Å²) in [5.74, 6) is 0.392. The number of urea groups is 1. The minimum atomic E-state index is -0.136. The molecule has 0 spiro atoms. The molecule has 0 bridgehead atoms. The summed E-state index contributed by atoms with van der Waals surface area (Å²) < 4.78 is 5.28. The number of likely N-dealkylation sites (tertiary alicyclic amines) is 1. The van der Waals surface area contributed by atoms with Crippen LogP contribution < -0.4 is 5.32 Å². The number of rotatable bonds is 3. The van der Waals surface area contributed by atoms with E-state index >= 15 is 0 Å². The Bertz CT molecular complexity index is 768. The van der Waals surface area contributed by atoms with E-state index in [1.54, 1.807) is 29.4 Å². The Kier molecular flexibility index (Phi) is 4.09. The predicted molar refractivity (Wildman–Crippen MR) is 88.8 cm³/mol. The van der Waals surface area contributed by atoms with Gasteiger partial charge in [-0.1, -0.05) is 5.16 Å². The number of carbonyl (C=O) groups is 2. The molecule has 0 unspecified atom stereocenters. The standard InChI is InChI=1S/C17H19N5O3/c23-16(14-10-15(25-20-14)12-2-1-5-18-11-12)21-7-3-13(4-8-21)22-9-6-19-17(22)24/h1-2,5,10-11,13H,3-4,6-9H2,(H,19,24). The van der Waals surface area contributed by atoms with Gasteiger partial charge in [0.15, 0.2) is 11.5 Å². The van der Waals surface area contributed by atoms with Crippen molar-refractivity contribution in [3.63, 3.8) is 0 Å². The van der Waals surface area contributed by atoms with Crippen molar-refractivity contribution in [2.45, 2.75) is 18.9 Å². The van der Waals surface area contributed by atoms with Crippen LogP contribution >= 0.6 is 0 Å². The highest BCUT2D eigenvalue weighted by molar-refractivity contribution is 5.93. The molecule has 8 nitrogen and oxygen atoms in total. The monoisotopic (exact) mass is 341 g/mol. The summed E-state index contributed by atoms with van der Waals surface area (Å²) >= 11 is 0. The minimum absolute atomic E-state index is 0.00221. The SMILES string of the molecule is O=C(c1cc(-c2cccnc2)on1)N1CCC(N2CCNC2=O)CC1. The fraction of sp³-hybridized carbons (Fsp3) is 0.412. The maximum absolute atomic E-state index is 12.6. The molecule has 0 aliphatic carbocycles. The fourth-order valence-electron chi connectivity index (χ4n) is 3.40. The molecule has 0 saturated carbocycles. The van der Waals surface area contributed by atoms with E-state index in [9.17, 15) is 9.59 Å². The van der Waals surface area contributed by atoms with Crippen LogP contribution in [0.15, 0.2) is 35.1 Å². The Morgan fingerprint density at radius 1 is 1.28 bits per heavy atom. The molecule has 0 atom stereocenters. The van der Waals surface area contributed by atoms with E-state index in [1.807, 2.05) is 11.0 Å². The summed E-state index contributed by atoms with van der Waals surface area (Å²) in [4.78, 5) is 32.1. The lowest BCUT2D eigenvalue weighted by atomic mass is 10.0. The average molecular weight is 341 g/mol. The predicted octanol–water partition coefficient (Wildman–Crippen LogP) is 1.37. The summed E-state index contributed by atoms with van der Waals surface area (Å²) in [7, 11) is 0. The van der Waals surface area contributed by atoms with E-state index in [-0.39, 0.29) is 18.0 Å². The van der Waals surface area contributed by atoms with Crippen LogP contribution in [0, 0.1) is 0 Å². The van der Waals surface area contributed by atoms with Crippen LogP contribution in [0.4, 0.5) is 4.79 Å². The lowest BCUT2D eigenvalue weighted by Crippen LogP contribution is -2.47. The van der Waals surface area contributed by atoms with Crippen molar-refractivity contribution in [2.24, 2.45) is 0 Å². The highest BCUT2D eigenvalue weighted by atomic mass is 16.5. The van der Waals surface area contributed by atoms with E-state index in [4.69, 9.17) is 4.52 Å². The van der Waals surface area contributed by atoms with E-state index < -0.39 is 0 Å². The Balaban J connectivity index is 1.39. The maximum atomic E-state index is 12.6. The van der Waals surface area contributed by atoms with Gasteiger partial charge in [-0.3, -0.25) is 9.78 Å². The zero-order valence-corrected chi connectivity index (χ0v) is 13.7. The van der Waals surface area contributed by atoms with Crippen molar-refractivity contribution in [1.82, 2.24) is 25.3 Å². The molecule has 4 heterocycles. The quantitative estimate of drug-likeness (QED) is 0.910. The first-order chi connectivity index (χ1) is 12.2. The lowest BCUT2D eigenvalue weighted by Gasteiger charge is -2.35. The van der Waals surface area contributed by atoms with E-state index in [2.05, 4.69) is 15.5 Å². The van der Waals surface area contributed by atoms with Gasteiger partial charge in [0.2, 0.25) is 0 Å². The van der Waals surface area contributed by atoms with Gasteiger partial charge in [-0.15, -0.1) is 0 Å². The molecule has 8 heteroatoms. The molecule has 3 amide bonds. The molecule has 2 fully saturated rings. The molecule has 2 aliphatic rings. The van der Waals surface area contributed by atoms with E-state index in [0.29, 0.717) is 31.1 Å². The van der Waals surface area contributed by atoms with Crippen LogP contribution in [0.1, 0.15) is 23.3 Å². The topological polar surface area (TPSA) is 91.6 Å². The maximum Gasteiger partial charge on any atom is 0.317 e. The molecule has 25 heavy (non-hydrogen) atoms. The van der Waals surface area contributed by atoms with Gasteiger partial charge in [-0.2, -0.15) is 0 Å². The molecule has 4 rings (SSSR count). The third-order valence-corrected chi connectivity index (χ3v) is 4.76. The second-order valence-electron chi connectivity index (χ2n) is 6.27. The largest absolute Gasteiger partial charge is 0.355 e. The number of nitrogens with zero attached hydrogens (tertiary/aromatic N) is 4. The number of hydrogen-bond donors (Lipinski definition) is 1. The van der Waals surface area contributed by atoms with Gasteiger partial charge < -0.3 is 19.6 Å². The minimum Gasteiger partial charge on any atom is -0.355 e. The number of hydrogen-bond acceptors (Lipinski definition) is 5. The zero-order chi connectivity index (χ0) is 17.2. The van der Waals surface area contributed by atoms with Crippen molar-refractivity contribution < 1.29 is 14.1 Å². The van der Waals surface area contributed by atoms with Crippen LogP contribution in [0.5, 0.6) is 0 Å². The van der Waals surface area contributed by atoms with Crippen LogP contribution in [0.25, 0.3) is 11.3 Å². The first kappa shape index (κ1) is 15.6. The average Bonchev–Trinajstić information content (AvgIpc) is 3.31. The second kappa shape index (κ2) is 6.54. The molecule has 2 aromatic heterocycles. The van der Waals surface area contributed by atoms with Crippen molar-refractivity contribution in [3.8, 4) is 11.3 Å². The fourth-order valence-corrected chi connectivity index (χ4v) is 3.40. The first-order valence-electron chi connectivity index (χ1n) is 8.43. The number of piperidine rings is 1. The van der Waals surface area contributed by atoms with Crippen LogP contribution in [0.2, 0.25) is 0 Å². The number of amides is 3. The third kappa shape index (κ3) is 3.07. The Morgan fingerprint density at radius 2 is 2.12 bits per heavy atom. The Morgan fingerprint density at radius 3 is 2.80 bits per heavy atom. The van der Waals surface area contributed by atoms with Crippen LogP contribution in [-0.2, 0) is 0 Å². The van der Waals surface area contributed by atoms with Crippen LogP contribution in [0.3, 0.4) is 0 Å². The van der Waals surface area contributed by atoms with Crippen molar-refractivity contribution in [3.05, 3.63) is 36.3 Å². The molecule has 130 valence electrons. The zero-order valence-electron chi connectivity index (χ0n) is 13.7. The molecule has 0 aromatic carbocycles. The van der Waals surface area contributed by atoms with Gasteiger partial charge in [-0.05, 0) is 25.0 Å². The van der Waals surface area contributed by atoms with Crippen molar-refractivity contribution in [1.29, 1.82) is 0 Å². The summed E-state index contributed by atoms with van der Waals surface area (Å²) in [6, 6.07) is 5.52. The second-order valence-corrected chi connectivity index (χ2v) is 6.27. The van der Waals surface area contributed by atoms with Gasteiger partial charge in [0.1, 0.15) is 0 Å². The number of nitrogens with one attached hydrogen (secondary N) is 1. The van der Waals surface area contributed by atoms with Gasteiger partial charge in [0, 0.05) is 56.2 Å². The molecular weight excluding hydrogens is 322 g/mol. The Labute approximate surface area is 144 Å². The Hall–Kier alpha value is -2.90. The van der Waals surface area contributed by atoms with Gasteiger partial charge in [-0.25, -0.2) is 4.79 Å². The van der Waals surface area contributed by atoms with Crippen molar-refractivity contribution in [2.75, 3.05) is 26.2 Å².